The lowest BCUT2D eigenvalue weighted by Gasteiger charge is -2.12. The van der Waals surface area contributed by atoms with Gasteiger partial charge in [0, 0.05) is 0 Å². The Morgan fingerprint density at radius 3 is 3.17 bits per heavy atom. The second-order valence-electron chi connectivity index (χ2n) is 2.46. The molecule has 1 aliphatic heterocycles. The van der Waals surface area contributed by atoms with Crippen molar-refractivity contribution in [3.8, 4) is 11.5 Å². The van der Waals surface area contributed by atoms with E-state index in [0.717, 1.165) is 0 Å². The van der Waals surface area contributed by atoms with Crippen LogP contribution in [0, 0.1) is 0 Å². The maximum Gasteiger partial charge on any atom is 0.185 e. The van der Waals surface area contributed by atoms with Crippen molar-refractivity contribution in [3.63, 3.8) is 0 Å². The first-order chi connectivity index (χ1) is 5.83. The maximum absolute atomic E-state index is 9.43. The predicted octanol–water partition coefficient (Wildman–Crippen LogP) is 1.11. The minimum Gasteiger partial charge on any atom is -0.506 e. The van der Waals surface area contributed by atoms with Gasteiger partial charge in [0.2, 0.25) is 0 Å². The van der Waals surface area contributed by atoms with Crippen molar-refractivity contribution in [2.45, 2.75) is 0 Å². The van der Waals surface area contributed by atoms with Crippen molar-refractivity contribution in [1.82, 2.24) is 0 Å². The molecule has 0 fully saturated rings. The molecule has 0 aliphatic carbocycles. The van der Waals surface area contributed by atoms with E-state index in [1.165, 1.54) is 12.2 Å². The molecule has 1 aromatic rings. The van der Waals surface area contributed by atoms with Gasteiger partial charge in [-0.05, 0) is 12.1 Å². The molecule has 0 radical (unpaired) electrons. The third kappa shape index (κ3) is 0.887. The van der Waals surface area contributed by atoms with Gasteiger partial charge in [-0.15, -0.1) is 0 Å². The topological polar surface area (TPSA) is 41.9 Å². The summed E-state index contributed by atoms with van der Waals surface area (Å²) in [5, 5.41) is 10.9. The van der Waals surface area contributed by atoms with Crippen molar-refractivity contribution in [1.29, 1.82) is 0 Å². The van der Waals surface area contributed by atoms with Crippen molar-refractivity contribution in [3.05, 3.63) is 18.2 Å². The zero-order chi connectivity index (χ0) is 8.55. The van der Waals surface area contributed by atoms with Gasteiger partial charge in [0.05, 0.1) is 7.11 Å². The van der Waals surface area contributed by atoms with Crippen LogP contribution >= 0.6 is 0 Å². The minimum atomic E-state index is 0.173. The van der Waals surface area contributed by atoms with Crippen LogP contribution in [0.4, 0.5) is 5.69 Å². The van der Waals surface area contributed by atoms with E-state index in [2.05, 4.69) is 0 Å². The van der Waals surface area contributed by atoms with Gasteiger partial charge in [0.1, 0.15) is 5.75 Å². The number of hydrogen-bond acceptors (Lipinski definition) is 4. The number of para-hydroxylation sites is 1. The molecule has 0 aromatic heterocycles. The van der Waals surface area contributed by atoms with Crippen molar-refractivity contribution >= 4 is 5.69 Å². The Bertz CT molecular complexity index is 300. The molecular weight excluding hydrogens is 158 g/mol. The van der Waals surface area contributed by atoms with Gasteiger partial charge >= 0.3 is 0 Å². The molecule has 4 heteroatoms. The molecule has 1 aromatic carbocycles. The predicted molar refractivity (Wildman–Crippen MR) is 43.1 cm³/mol. The van der Waals surface area contributed by atoms with Gasteiger partial charge in [0.25, 0.3) is 0 Å². The van der Waals surface area contributed by atoms with Crippen LogP contribution in [-0.2, 0) is 4.84 Å². The second kappa shape index (κ2) is 2.57. The minimum absolute atomic E-state index is 0.173. The molecule has 4 nitrogen and oxygen atoms in total. The van der Waals surface area contributed by atoms with Crippen LogP contribution in [-0.4, -0.2) is 18.9 Å². The van der Waals surface area contributed by atoms with E-state index >= 15 is 0 Å². The van der Waals surface area contributed by atoms with Gasteiger partial charge in [-0.25, -0.2) is 5.06 Å². The number of nitrogens with zero attached hydrogens (tertiary/aromatic N) is 1. The van der Waals surface area contributed by atoms with Crippen LogP contribution < -0.4 is 9.80 Å². The van der Waals surface area contributed by atoms with Crippen molar-refractivity contribution in [2.24, 2.45) is 0 Å². The van der Waals surface area contributed by atoms with E-state index in [-0.39, 0.29) is 5.75 Å². The van der Waals surface area contributed by atoms with Crippen molar-refractivity contribution in [2.75, 3.05) is 18.9 Å². The smallest absolute Gasteiger partial charge is 0.185 e. The van der Waals surface area contributed by atoms with Crippen LogP contribution in [0.3, 0.4) is 0 Å². The molecule has 0 saturated heterocycles. The first-order valence-electron chi connectivity index (χ1n) is 3.59. The van der Waals surface area contributed by atoms with Gasteiger partial charge in [-0.1, -0.05) is 6.07 Å². The summed E-state index contributed by atoms with van der Waals surface area (Å²) in [6.45, 7) is 0.323. The van der Waals surface area contributed by atoms with E-state index in [9.17, 15) is 5.11 Å². The molecule has 0 amide bonds. The fourth-order valence-corrected chi connectivity index (χ4v) is 1.21. The van der Waals surface area contributed by atoms with Crippen LogP contribution in [0.5, 0.6) is 11.5 Å². The lowest BCUT2D eigenvalue weighted by Crippen LogP contribution is -2.19. The van der Waals surface area contributed by atoms with E-state index in [0.29, 0.717) is 18.2 Å². The summed E-state index contributed by atoms with van der Waals surface area (Å²) in [6.07, 6.45) is 0. The summed E-state index contributed by atoms with van der Waals surface area (Å²) in [5.41, 5.74) is 0.597. The number of benzene rings is 1. The summed E-state index contributed by atoms with van der Waals surface area (Å²) in [4.78, 5) is 4.97. The van der Waals surface area contributed by atoms with Gasteiger partial charge in [0.15, 0.2) is 18.2 Å². The molecular formula is C8H9NO3. The Morgan fingerprint density at radius 1 is 1.58 bits per heavy atom. The Morgan fingerprint density at radius 2 is 2.42 bits per heavy atom. The number of phenolic OH excluding ortho intramolecular Hbond substituents is 1. The number of phenols is 1. The normalized spacial score (nSPS) is 14.2. The highest BCUT2D eigenvalue weighted by Crippen LogP contribution is 2.40. The fourth-order valence-electron chi connectivity index (χ4n) is 1.21. The molecule has 1 heterocycles. The van der Waals surface area contributed by atoms with Crippen LogP contribution in [0.2, 0.25) is 0 Å². The molecule has 64 valence electrons. The lowest BCUT2D eigenvalue weighted by molar-refractivity contribution is 0.132. The van der Waals surface area contributed by atoms with Crippen LogP contribution in [0.15, 0.2) is 18.2 Å². The van der Waals surface area contributed by atoms with E-state index in [1.807, 2.05) is 0 Å². The SMILES string of the molecule is CON1COc2cccc(O)c21. The molecule has 0 saturated carbocycles. The molecule has 12 heavy (non-hydrogen) atoms. The summed E-state index contributed by atoms with van der Waals surface area (Å²) in [5.74, 6) is 0.823. The zero-order valence-electron chi connectivity index (χ0n) is 6.65. The molecule has 0 atom stereocenters. The van der Waals surface area contributed by atoms with Gasteiger partial charge in [-0.2, -0.15) is 0 Å². The Kier molecular flexibility index (Phi) is 1.55. The van der Waals surface area contributed by atoms with Gasteiger partial charge in [-0.3, -0.25) is 4.84 Å². The van der Waals surface area contributed by atoms with E-state index in [4.69, 9.17) is 9.57 Å². The molecule has 0 bridgehead atoms. The van der Waals surface area contributed by atoms with E-state index in [1.54, 1.807) is 18.2 Å². The quantitative estimate of drug-likeness (QED) is 0.680. The number of rotatable bonds is 1. The van der Waals surface area contributed by atoms with Gasteiger partial charge < -0.3 is 9.84 Å². The number of ether oxygens (including phenoxy) is 1. The monoisotopic (exact) mass is 167 g/mol. The Balaban J connectivity index is 2.48. The number of hydroxylamine groups is 1. The molecule has 0 spiro atoms. The number of anilines is 1. The largest absolute Gasteiger partial charge is 0.506 e. The average molecular weight is 167 g/mol. The maximum atomic E-state index is 9.43. The second-order valence-corrected chi connectivity index (χ2v) is 2.46. The summed E-state index contributed by atoms with van der Waals surface area (Å²) in [7, 11) is 1.53. The Labute approximate surface area is 69.9 Å². The number of hydrogen-bond donors (Lipinski definition) is 1. The first-order valence-corrected chi connectivity index (χ1v) is 3.59. The summed E-state index contributed by atoms with van der Waals surface area (Å²) < 4.78 is 5.22. The highest BCUT2D eigenvalue weighted by Gasteiger charge is 2.23. The number of aromatic hydroxyl groups is 1. The first kappa shape index (κ1) is 7.24. The average Bonchev–Trinajstić information content (AvgIpc) is 2.49. The molecule has 2 rings (SSSR count). The van der Waals surface area contributed by atoms with Crippen LogP contribution in [0.25, 0.3) is 0 Å². The van der Waals surface area contributed by atoms with E-state index < -0.39 is 0 Å². The van der Waals surface area contributed by atoms with Crippen molar-refractivity contribution < 1.29 is 14.7 Å². The standard InChI is InChI=1S/C8H9NO3/c1-11-9-5-12-7-4-2-3-6(10)8(7)9/h2-4,10H,5H2,1H3. The highest BCUT2D eigenvalue weighted by atomic mass is 16.7. The summed E-state index contributed by atoms with van der Waals surface area (Å²) in [6, 6.07) is 5.11. The van der Waals surface area contributed by atoms with Crippen LogP contribution in [0.1, 0.15) is 0 Å². The fraction of sp³-hybridized carbons (Fsp3) is 0.250. The zero-order valence-corrected chi connectivity index (χ0v) is 6.65. The molecule has 0 unspecified atom stereocenters. The summed E-state index contributed by atoms with van der Waals surface area (Å²) >= 11 is 0. The molecule has 1 aliphatic rings. The highest BCUT2D eigenvalue weighted by molar-refractivity contribution is 5.67. The molecule has 1 N–H and O–H groups in total. The lowest BCUT2D eigenvalue weighted by atomic mass is 10.3. The third-order valence-electron chi connectivity index (χ3n) is 1.78. The third-order valence-corrected chi connectivity index (χ3v) is 1.78. The Hall–Kier alpha value is -1.42. The number of fused-ring (bicyclic) bond motifs is 1.